The van der Waals surface area contributed by atoms with Crippen molar-refractivity contribution in [3.05, 3.63) is 16.9 Å². The van der Waals surface area contributed by atoms with E-state index in [4.69, 9.17) is 16.3 Å². The molecule has 0 aliphatic rings. The molecule has 1 aromatic heterocycles. The van der Waals surface area contributed by atoms with Gasteiger partial charge < -0.3 is 4.74 Å². The second kappa shape index (κ2) is 6.92. The zero-order valence-corrected chi connectivity index (χ0v) is 11.1. The molecule has 3 nitrogen and oxygen atoms in total. The average molecular weight is 245 g/mol. The van der Waals surface area contributed by atoms with Crippen molar-refractivity contribution in [2.24, 2.45) is 0 Å². The molecule has 0 unspecified atom stereocenters. The van der Waals surface area contributed by atoms with E-state index < -0.39 is 0 Å². The van der Waals surface area contributed by atoms with Crippen LogP contribution in [0.5, 0.6) is 0 Å². The van der Waals surface area contributed by atoms with Crippen LogP contribution in [-0.4, -0.2) is 16.4 Å². The number of hydrogen-bond acceptors (Lipinski definition) is 2. The second-order valence-corrected chi connectivity index (χ2v) is 4.47. The summed E-state index contributed by atoms with van der Waals surface area (Å²) in [6.07, 6.45) is 5.17. The van der Waals surface area contributed by atoms with Crippen LogP contribution in [0, 0.1) is 0 Å². The average Bonchev–Trinajstić information content (AvgIpc) is 2.65. The highest BCUT2D eigenvalue weighted by atomic mass is 35.5. The van der Waals surface area contributed by atoms with Crippen molar-refractivity contribution >= 4 is 11.6 Å². The first-order chi connectivity index (χ1) is 7.69. The molecule has 0 spiro atoms. The maximum atomic E-state index is 6.10. The van der Waals surface area contributed by atoms with Crippen molar-refractivity contribution in [1.82, 2.24) is 9.78 Å². The van der Waals surface area contributed by atoms with Crippen LogP contribution in [-0.2, 0) is 11.3 Å². The fraction of sp³-hybridized carbons (Fsp3) is 0.750. The Kier molecular flexibility index (Phi) is 5.85. The van der Waals surface area contributed by atoms with E-state index in [1.54, 1.807) is 0 Å². The van der Waals surface area contributed by atoms with Gasteiger partial charge in [0.05, 0.1) is 11.6 Å². The Labute approximate surface area is 103 Å². The lowest BCUT2D eigenvalue weighted by molar-refractivity contribution is 0.115. The highest BCUT2D eigenvalue weighted by Gasteiger charge is 2.10. The number of ether oxygens (including phenoxy) is 1. The number of halogens is 1. The fourth-order valence-electron chi connectivity index (χ4n) is 1.33. The molecule has 16 heavy (non-hydrogen) atoms. The van der Waals surface area contributed by atoms with Crippen molar-refractivity contribution in [3.8, 4) is 0 Å². The van der Waals surface area contributed by atoms with Gasteiger partial charge in [-0.05, 0) is 19.8 Å². The Morgan fingerprint density at radius 2 is 2.25 bits per heavy atom. The Balaban J connectivity index is 2.50. The maximum Gasteiger partial charge on any atom is 0.107 e. The van der Waals surface area contributed by atoms with Crippen LogP contribution in [0.25, 0.3) is 0 Å². The van der Waals surface area contributed by atoms with Gasteiger partial charge in [-0.3, -0.25) is 4.68 Å². The summed E-state index contributed by atoms with van der Waals surface area (Å²) in [4.78, 5) is 0. The highest BCUT2D eigenvalue weighted by Crippen LogP contribution is 2.19. The molecule has 0 saturated heterocycles. The molecule has 0 aliphatic carbocycles. The Hall–Kier alpha value is -0.540. The predicted octanol–water partition coefficient (Wildman–Crippen LogP) is 3.82. The quantitative estimate of drug-likeness (QED) is 0.682. The van der Waals surface area contributed by atoms with Crippen LogP contribution in [0.1, 0.15) is 51.8 Å². The molecule has 1 atom stereocenters. The number of unbranched alkanes of at least 4 members (excludes halogenated alkanes) is 1. The molecule has 1 aromatic rings. The summed E-state index contributed by atoms with van der Waals surface area (Å²) in [5.74, 6) is 0. The van der Waals surface area contributed by atoms with Gasteiger partial charge in [0.1, 0.15) is 5.69 Å². The van der Waals surface area contributed by atoms with Crippen molar-refractivity contribution in [3.63, 3.8) is 0 Å². The third kappa shape index (κ3) is 3.80. The molecule has 0 saturated carbocycles. The minimum absolute atomic E-state index is 0.391. The molecule has 4 heteroatoms. The van der Waals surface area contributed by atoms with E-state index >= 15 is 0 Å². The van der Waals surface area contributed by atoms with Crippen LogP contribution < -0.4 is 0 Å². The zero-order chi connectivity index (χ0) is 12.0. The van der Waals surface area contributed by atoms with Crippen LogP contribution in [0.15, 0.2) is 6.20 Å². The van der Waals surface area contributed by atoms with Gasteiger partial charge in [0.25, 0.3) is 0 Å². The van der Waals surface area contributed by atoms with Gasteiger partial charge in [0, 0.05) is 18.8 Å². The normalized spacial score (nSPS) is 13.0. The van der Waals surface area contributed by atoms with E-state index in [-0.39, 0.29) is 0 Å². The molecule has 0 aliphatic heterocycles. The van der Waals surface area contributed by atoms with E-state index in [1.165, 1.54) is 0 Å². The second-order valence-electron chi connectivity index (χ2n) is 4.07. The maximum absolute atomic E-state index is 6.10. The molecule has 1 rings (SSSR count). The van der Waals surface area contributed by atoms with E-state index in [9.17, 15) is 0 Å². The van der Waals surface area contributed by atoms with E-state index in [0.29, 0.717) is 17.7 Å². The first-order valence-corrected chi connectivity index (χ1v) is 6.38. The summed E-state index contributed by atoms with van der Waals surface area (Å²) >= 11 is 6.10. The minimum atomic E-state index is 0.391. The van der Waals surface area contributed by atoms with Crippen molar-refractivity contribution in [2.75, 3.05) is 6.61 Å². The molecule has 0 aromatic carbocycles. The van der Waals surface area contributed by atoms with Gasteiger partial charge in [-0.1, -0.05) is 31.9 Å². The van der Waals surface area contributed by atoms with Gasteiger partial charge in [0.15, 0.2) is 0 Å². The lowest BCUT2D eigenvalue weighted by Gasteiger charge is -2.07. The molecular weight excluding hydrogens is 224 g/mol. The Morgan fingerprint density at radius 3 is 2.88 bits per heavy atom. The van der Waals surface area contributed by atoms with Gasteiger partial charge in [-0.25, -0.2) is 0 Å². The molecule has 0 fully saturated rings. The number of hydrogen-bond donors (Lipinski definition) is 0. The number of nitrogens with zero attached hydrogens (tertiary/aromatic N) is 2. The summed E-state index contributed by atoms with van der Waals surface area (Å²) in [7, 11) is 0. The van der Waals surface area contributed by atoms with Crippen molar-refractivity contribution in [2.45, 2.75) is 52.7 Å². The van der Waals surface area contributed by atoms with Gasteiger partial charge in [-0.15, -0.1) is 0 Å². The standard InChI is InChI=1S/C12H21ClN2O/c1-4-6-7-16-9-12-11(13)8-15(14-12)10(3)5-2/h8,10H,4-7,9H2,1-3H3/t10-/m0/s1. The van der Waals surface area contributed by atoms with Crippen LogP contribution in [0.4, 0.5) is 0 Å². The van der Waals surface area contributed by atoms with Crippen LogP contribution >= 0.6 is 11.6 Å². The highest BCUT2D eigenvalue weighted by molar-refractivity contribution is 6.31. The van der Waals surface area contributed by atoms with Crippen molar-refractivity contribution < 1.29 is 4.74 Å². The largest absolute Gasteiger partial charge is 0.375 e. The van der Waals surface area contributed by atoms with E-state index in [0.717, 1.165) is 31.6 Å². The SMILES string of the molecule is CCCCOCc1nn([C@@H](C)CC)cc1Cl. The van der Waals surface area contributed by atoms with Crippen LogP contribution in [0.2, 0.25) is 5.02 Å². The lowest BCUT2D eigenvalue weighted by atomic mass is 10.3. The fourth-order valence-corrected chi connectivity index (χ4v) is 1.52. The van der Waals surface area contributed by atoms with Gasteiger partial charge in [-0.2, -0.15) is 5.10 Å². The molecule has 0 amide bonds. The van der Waals surface area contributed by atoms with Gasteiger partial charge in [0.2, 0.25) is 0 Å². The monoisotopic (exact) mass is 244 g/mol. The molecule has 1 heterocycles. The molecule has 0 radical (unpaired) electrons. The number of rotatable bonds is 7. The molecule has 0 bridgehead atoms. The predicted molar refractivity (Wildman–Crippen MR) is 66.8 cm³/mol. The summed E-state index contributed by atoms with van der Waals surface area (Å²) in [6.45, 7) is 7.71. The minimum Gasteiger partial charge on any atom is -0.375 e. The Morgan fingerprint density at radius 1 is 1.50 bits per heavy atom. The van der Waals surface area contributed by atoms with E-state index in [2.05, 4.69) is 25.9 Å². The van der Waals surface area contributed by atoms with Gasteiger partial charge >= 0.3 is 0 Å². The lowest BCUT2D eigenvalue weighted by Crippen LogP contribution is -2.05. The third-order valence-electron chi connectivity index (χ3n) is 2.68. The summed E-state index contributed by atoms with van der Waals surface area (Å²) in [5.41, 5.74) is 0.845. The zero-order valence-electron chi connectivity index (χ0n) is 10.4. The molecule has 0 N–H and O–H groups in total. The summed E-state index contributed by atoms with van der Waals surface area (Å²) < 4.78 is 7.42. The third-order valence-corrected chi connectivity index (χ3v) is 3.00. The first-order valence-electron chi connectivity index (χ1n) is 6.00. The summed E-state index contributed by atoms with van der Waals surface area (Å²) in [5, 5.41) is 5.14. The first kappa shape index (κ1) is 13.5. The smallest absolute Gasteiger partial charge is 0.107 e. The van der Waals surface area contributed by atoms with E-state index in [1.807, 2.05) is 10.9 Å². The van der Waals surface area contributed by atoms with Crippen molar-refractivity contribution in [1.29, 1.82) is 0 Å². The van der Waals surface area contributed by atoms with Crippen LogP contribution in [0.3, 0.4) is 0 Å². The Bertz CT molecular complexity index is 312. The topological polar surface area (TPSA) is 27.1 Å². The summed E-state index contributed by atoms with van der Waals surface area (Å²) in [6, 6.07) is 0.391. The molecule has 92 valence electrons. The molecular formula is C12H21ClN2O. The number of aromatic nitrogens is 2.